The maximum absolute atomic E-state index is 12.8. The van der Waals surface area contributed by atoms with Crippen LogP contribution in [0, 0.1) is 13.8 Å². The van der Waals surface area contributed by atoms with Crippen molar-refractivity contribution in [3.05, 3.63) is 92.6 Å². The van der Waals surface area contributed by atoms with Crippen molar-refractivity contribution in [3.63, 3.8) is 0 Å². The fraction of sp³-hybridized carbons (Fsp3) is 0.259. The topological polar surface area (TPSA) is 88.5 Å². The van der Waals surface area contributed by atoms with E-state index in [4.69, 9.17) is 0 Å². The molecular formula is C27H29N3O4S2. The molecule has 0 atom stereocenters. The molecular weight excluding hydrogens is 494 g/mol. The normalized spacial score (nSPS) is 11.7. The number of benzene rings is 3. The van der Waals surface area contributed by atoms with E-state index in [9.17, 15) is 18.0 Å². The van der Waals surface area contributed by atoms with Crippen molar-refractivity contribution in [1.29, 1.82) is 0 Å². The van der Waals surface area contributed by atoms with E-state index in [0.29, 0.717) is 16.9 Å². The van der Waals surface area contributed by atoms with Crippen molar-refractivity contribution >= 4 is 48.9 Å². The number of carbonyl (C=O) groups excluding carboxylic acids is 1. The van der Waals surface area contributed by atoms with E-state index in [-0.39, 0.29) is 23.4 Å². The van der Waals surface area contributed by atoms with Crippen molar-refractivity contribution in [2.75, 3.05) is 15.9 Å². The number of aromatic nitrogens is 1. The molecule has 3 aromatic carbocycles. The van der Waals surface area contributed by atoms with Crippen molar-refractivity contribution in [1.82, 2.24) is 4.57 Å². The van der Waals surface area contributed by atoms with Crippen molar-refractivity contribution in [2.45, 2.75) is 40.3 Å². The number of fused-ring (bicyclic) bond motifs is 1. The maximum Gasteiger partial charge on any atom is 0.308 e. The number of thiazole rings is 1. The molecule has 1 aromatic heterocycles. The highest BCUT2D eigenvalue weighted by atomic mass is 32.2. The quantitative estimate of drug-likeness (QED) is 0.347. The summed E-state index contributed by atoms with van der Waals surface area (Å²) in [7, 11) is -3.51. The summed E-state index contributed by atoms with van der Waals surface area (Å²) in [6.45, 7) is 7.95. The Morgan fingerprint density at radius 2 is 1.64 bits per heavy atom. The number of sulfonamides is 1. The summed E-state index contributed by atoms with van der Waals surface area (Å²) >= 11 is 1.16. The van der Waals surface area contributed by atoms with Gasteiger partial charge in [0.2, 0.25) is 10.0 Å². The van der Waals surface area contributed by atoms with Crippen LogP contribution in [0.5, 0.6) is 0 Å². The Bertz CT molecular complexity index is 1580. The van der Waals surface area contributed by atoms with Crippen LogP contribution in [0.1, 0.15) is 46.9 Å². The molecule has 0 unspecified atom stereocenters. The lowest BCUT2D eigenvalue weighted by atomic mass is 10.1. The summed E-state index contributed by atoms with van der Waals surface area (Å²) in [5.41, 5.74) is 5.24. The molecule has 0 aliphatic rings. The maximum atomic E-state index is 12.8. The summed E-state index contributed by atoms with van der Waals surface area (Å²) < 4.78 is 29.0. The first-order chi connectivity index (χ1) is 16.9. The van der Waals surface area contributed by atoms with Gasteiger partial charge in [-0.15, -0.1) is 0 Å². The fourth-order valence-corrected chi connectivity index (χ4v) is 6.15. The molecule has 9 heteroatoms. The third-order valence-corrected chi connectivity index (χ3v) is 7.88. The number of anilines is 2. The zero-order chi connectivity index (χ0) is 26.2. The summed E-state index contributed by atoms with van der Waals surface area (Å²) in [5.74, 6) is -0.286. The van der Waals surface area contributed by atoms with E-state index >= 15 is 0 Å². The average molecular weight is 524 g/mol. The molecule has 188 valence electrons. The smallest absolute Gasteiger partial charge is 0.308 e. The highest BCUT2D eigenvalue weighted by Gasteiger charge is 2.19. The molecule has 0 saturated heterocycles. The molecule has 0 radical (unpaired) electrons. The lowest BCUT2D eigenvalue weighted by Gasteiger charge is -2.23. The average Bonchev–Trinajstić information content (AvgIpc) is 3.11. The molecule has 7 nitrogen and oxygen atoms in total. The second-order valence-electron chi connectivity index (χ2n) is 9.28. The second kappa shape index (κ2) is 9.91. The van der Waals surface area contributed by atoms with Gasteiger partial charge in [-0.05, 0) is 86.8 Å². The molecule has 36 heavy (non-hydrogen) atoms. The van der Waals surface area contributed by atoms with Crippen LogP contribution in [-0.4, -0.2) is 25.1 Å². The highest BCUT2D eigenvalue weighted by Crippen LogP contribution is 2.26. The minimum atomic E-state index is -3.51. The Morgan fingerprint density at radius 1 is 1.00 bits per heavy atom. The Balaban J connectivity index is 1.52. The summed E-state index contributed by atoms with van der Waals surface area (Å²) in [4.78, 5) is 25.1. The van der Waals surface area contributed by atoms with E-state index in [0.717, 1.165) is 38.2 Å². The number of rotatable bonds is 7. The third-order valence-electron chi connectivity index (χ3n) is 5.82. The lowest BCUT2D eigenvalue weighted by Crippen LogP contribution is -2.29. The second-order valence-corrected chi connectivity index (χ2v) is 12.2. The third kappa shape index (κ3) is 5.52. The van der Waals surface area contributed by atoms with Crippen molar-refractivity contribution < 1.29 is 13.2 Å². The largest absolute Gasteiger partial charge is 0.322 e. The van der Waals surface area contributed by atoms with Gasteiger partial charge in [0.05, 0.1) is 28.7 Å². The van der Waals surface area contributed by atoms with Crippen LogP contribution in [-0.2, 0) is 16.6 Å². The van der Waals surface area contributed by atoms with Gasteiger partial charge in [0.25, 0.3) is 5.91 Å². The first kappa shape index (κ1) is 25.7. The van der Waals surface area contributed by atoms with Crippen LogP contribution in [0.15, 0.2) is 65.5 Å². The number of nitrogens with zero attached hydrogens (tertiary/aromatic N) is 2. The predicted octanol–water partition coefficient (Wildman–Crippen LogP) is 5.48. The Morgan fingerprint density at radius 3 is 2.22 bits per heavy atom. The minimum absolute atomic E-state index is 0.0250. The van der Waals surface area contributed by atoms with Gasteiger partial charge in [0.15, 0.2) is 0 Å². The molecule has 0 spiro atoms. The van der Waals surface area contributed by atoms with Crippen LogP contribution < -0.4 is 14.5 Å². The van der Waals surface area contributed by atoms with Crippen molar-refractivity contribution in [2.24, 2.45) is 0 Å². The van der Waals surface area contributed by atoms with Gasteiger partial charge < -0.3 is 5.32 Å². The minimum Gasteiger partial charge on any atom is -0.322 e. The lowest BCUT2D eigenvalue weighted by molar-refractivity contribution is 0.102. The first-order valence-electron chi connectivity index (χ1n) is 11.5. The molecule has 0 saturated carbocycles. The van der Waals surface area contributed by atoms with Crippen LogP contribution in [0.3, 0.4) is 0 Å². The van der Waals surface area contributed by atoms with Gasteiger partial charge in [0.1, 0.15) is 0 Å². The monoisotopic (exact) mass is 523 g/mol. The SMILES string of the molecule is Cc1cc(C)cc(N(Cc2ccc(C(=O)Nc3ccc4c(c3)sc(=O)n4C(C)C)cc2)S(C)(=O)=O)c1. The number of aryl methyl sites for hydroxylation is 2. The number of carbonyl (C=O) groups is 1. The van der Waals surface area contributed by atoms with Crippen LogP contribution in [0.2, 0.25) is 0 Å². The molecule has 0 fully saturated rings. The summed E-state index contributed by atoms with van der Waals surface area (Å²) in [5, 5.41) is 2.88. The zero-order valence-electron chi connectivity index (χ0n) is 20.9. The van der Waals surface area contributed by atoms with Crippen LogP contribution in [0.25, 0.3) is 10.2 Å². The Labute approximate surface area is 215 Å². The van der Waals surface area contributed by atoms with E-state index in [1.807, 2.05) is 52.0 Å². The van der Waals surface area contributed by atoms with Gasteiger partial charge in [-0.1, -0.05) is 29.5 Å². The van der Waals surface area contributed by atoms with Gasteiger partial charge in [-0.2, -0.15) is 0 Å². The van der Waals surface area contributed by atoms with Gasteiger partial charge in [0, 0.05) is 17.3 Å². The van der Waals surface area contributed by atoms with Gasteiger partial charge in [-0.3, -0.25) is 18.5 Å². The van der Waals surface area contributed by atoms with E-state index in [2.05, 4.69) is 5.32 Å². The van der Waals surface area contributed by atoms with Gasteiger partial charge >= 0.3 is 4.87 Å². The molecule has 4 rings (SSSR count). The molecule has 4 aromatic rings. The predicted molar refractivity (Wildman–Crippen MR) is 148 cm³/mol. The summed E-state index contributed by atoms with van der Waals surface area (Å²) in [6.07, 6.45) is 1.19. The molecule has 0 bridgehead atoms. The standard InChI is InChI=1S/C27H29N3O4S2/c1-17(2)30-24-11-10-22(15-25(24)35-27(30)32)28-26(31)21-8-6-20(7-9-21)16-29(36(5,33)34)23-13-18(3)12-19(4)14-23/h6-15,17H,16H2,1-5H3,(H,28,31). The molecule has 1 heterocycles. The first-order valence-corrected chi connectivity index (χ1v) is 14.2. The molecule has 0 aliphatic carbocycles. The Hall–Kier alpha value is -3.43. The summed E-state index contributed by atoms with van der Waals surface area (Å²) in [6, 6.07) is 18.1. The fourth-order valence-electron chi connectivity index (χ4n) is 4.23. The Kier molecular flexibility index (Phi) is 7.06. The number of nitrogens with one attached hydrogen (secondary N) is 1. The zero-order valence-corrected chi connectivity index (χ0v) is 22.5. The van der Waals surface area contributed by atoms with Gasteiger partial charge in [-0.25, -0.2) is 8.42 Å². The number of amides is 1. The van der Waals surface area contributed by atoms with Crippen molar-refractivity contribution in [3.8, 4) is 0 Å². The van der Waals surface area contributed by atoms with Crippen LogP contribution >= 0.6 is 11.3 Å². The van der Waals surface area contributed by atoms with E-state index in [1.54, 1.807) is 41.0 Å². The van der Waals surface area contributed by atoms with Crippen LogP contribution in [0.4, 0.5) is 11.4 Å². The van der Waals surface area contributed by atoms with E-state index in [1.165, 1.54) is 10.6 Å². The highest BCUT2D eigenvalue weighted by molar-refractivity contribution is 7.92. The number of hydrogen-bond donors (Lipinski definition) is 1. The number of hydrogen-bond acceptors (Lipinski definition) is 5. The molecule has 0 aliphatic heterocycles. The molecule has 1 N–H and O–H groups in total. The van der Waals surface area contributed by atoms with E-state index < -0.39 is 10.0 Å². The molecule has 1 amide bonds.